The first kappa shape index (κ1) is 21.4. The Labute approximate surface area is 187 Å². The monoisotopic (exact) mass is 431 g/mol. The molecule has 6 heteroatoms. The van der Waals surface area contributed by atoms with E-state index in [0.717, 1.165) is 17.7 Å². The molecule has 32 heavy (non-hydrogen) atoms. The zero-order valence-electron chi connectivity index (χ0n) is 18.1. The number of para-hydroxylation sites is 2. The normalized spacial score (nSPS) is 15.4. The van der Waals surface area contributed by atoms with Crippen molar-refractivity contribution in [3.05, 3.63) is 89.5 Å². The first-order chi connectivity index (χ1) is 15.7. The van der Waals surface area contributed by atoms with Crippen LogP contribution in [0.15, 0.2) is 82.0 Å². The van der Waals surface area contributed by atoms with Gasteiger partial charge in [-0.25, -0.2) is 9.79 Å². The second-order valence-corrected chi connectivity index (χ2v) is 7.40. The molecule has 164 valence electrons. The molecule has 0 N–H and O–H groups in total. The van der Waals surface area contributed by atoms with Crippen LogP contribution in [0.2, 0.25) is 0 Å². The Hall–Kier alpha value is -3.80. The summed E-state index contributed by atoms with van der Waals surface area (Å²) in [6.45, 7) is 5.12. The van der Waals surface area contributed by atoms with Gasteiger partial charge in [0.15, 0.2) is 11.5 Å². The second kappa shape index (κ2) is 10.0. The fraction of sp³-hybridized carbons (Fsp3) is 0.231. The third kappa shape index (κ3) is 4.91. The number of furan rings is 1. The van der Waals surface area contributed by atoms with Crippen LogP contribution in [-0.2, 0) is 9.53 Å². The molecular formula is C26H25NO5. The van der Waals surface area contributed by atoms with E-state index in [-0.39, 0.29) is 11.6 Å². The molecule has 3 aromatic rings. The number of hydrogen-bond donors (Lipinski definition) is 0. The van der Waals surface area contributed by atoms with Crippen molar-refractivity contribution in [1.82, 2.24) is 0 Å². The van der Waals surface area contributed by atoms with Gasteiger partial charge in [-0.2, -0.15) is 0 Å². The van der Waals surface area contributed by atoms with E-state index in [0.29, 0.717) is 30.6 Å². The van der Waals surface area contributed by atoms with Crippen LogP contribution in [0.3, 0.4) is 0 Å². The van der Waals surface area contributed by atoms with Crippen molar-refractivity contribution in [2.24, 2.45) is 4.99 Å². The van der Waals surface area contributed by atoms with Crippen LogP contribution in [-0.4, -0.2) is 25.1 Å². The number of benzene rings is 2. The van der Waals surface area contributed by atoms with Gasteiger partial charge in [-0.3, -0.25) is 0 Å². The highest BCUT2D eigenvalue weighted by atomic mass is 16.6. The second-order valence-electron chi connectivity index (χ2n) is 7.40. The number of ether oxygens (including phenoxy) is 3. The Morgan fingerprint density at radius 2 is 1.69 bits per heavy atom. The number of carbonyl (C=O) groups is 1. The van der Waals surface area contributed by atoms with E-state index in [4.69, 9.17) is 18.6 Å². The van der Waals surface area contributed by atoms with Gasteiger partial charge in [-0.15, -0.1) is 0 Å². The van der Waals surface area contributed by atoms with E-state index in [1.54, 1.807) is 18.2 Å². The minimum atomic E-state index is -0.531. The molecule has 0 unspecified atom stereocenters. The van der Waals surface area contributed by atoms with E-state index in [9.17, 15) is 4.79 Å². The summed E-state index contributed by atoms with van der Waals surface area (Å²) in [4.78, 5) is 16.5. The van der Waals surface area contributed by atoms with Gasteiger partial charge in [-0.05, 0) is 48.2 Å². The number of rotatable bonds is 9. The molecule has 6 nitrogen and oxygen atoms in total. The van der Waals surface area contributed by atoms with Gasteiger partial charge >= 0.3 is 5.97 Å². The maximum Gasteiger partial charge on any atom is 0.363 e. The Morgan fingerprint density at radius 3 is 2.44 bits per heavy atom. The molecule has 2 aromatic carbocycles. The zero-order valence-corrected chi connectivity index (χ0v) is 18.1. The highest BCUT2D eigenvalue weighted by molar-refractivity contribution is 6.11. The van der Waals surface area contributed by atoms with Gasteiger partial charge in [0, 0.05) is 5.56 Å². The molecular weight excluding hydrogens is 406 g/mol. The van der Waals surface area contributed by atoms with Crippen molar-refractivity contribution in [1.29, 1.82) is 0 Å². The average Bonchev–Trinajstić information content (AvgIpc) is 3.48. The van der Waals surface area contributed by atoms with Crippen molar-refractivity contribution in [3.8, 4) is 11.5 Å². The number of esters is 1. The molecule has 2 heterocycles. The summed E-state index contributed by atoms with van der Waals surface area (Å²) in [5.41, 5.74) is 2.11. The summed E-state index contributed by atoms with van der Waals surface area (Å²) in [7, 11) is 0. The van der Waals surface area contributed by atoms with Gasteiger partial charge in [0.1, 0.15) is 24.7 Å². The van der Waals surface area contributed by atoms with Gasteiger partial charge in [0.2, 0.25) is 0 Å². The molecule has 0 saturated heterocycles. The summed E-state index contributed by atoms with van der Waals surface area (Å²) in [5, 5.41) is 0. The first-order valence-electron chi connectivity index (χ1n) is 10.7. The number of hydrogen-bond acceptors (Lipinski definition) is 6. The van der Waals surface area contributed by atoms with Crippen LogP contribution < -0.4 is 9.47 Å². The third-order valence-corrected chi connectivity index (χ3v) is 5.22. The molecule has 1 aromatic heterocycles. The molecule has 0 aliphatic carbocycles. The summed E-state index contributed by atoms with van der Waals surface area (Å²) in [6, 6.07) is 18.9. The Morgan fingerprint density at radius 1 is 0.969 bits per heavy atom. The Balaban J connectivity index is 1.42. The third-order valence-electron chi connectivity index (χ3n) is 5.22. The molecule has 0 radical (unpaired) electrons. The molecule has 4 rings (SSSR count). The summed E-state index contributed by atoms with van der Waals surface area (Å²) in [6.07, 6.45) is 4.19. The van der Waals surface area contributed by atoms with E-state index in [2.05, 4.69) is 24.9 Å². The standard InChI is InChI=1S/C26H25NO5/c1-3-18(2)20-10-5-7-12-23(20)31-16-15-30-22-11-6-4-9-19(22)17-21-26(28)32-25(27-21)24-13-8-14-29-24/h4-14,17-18H,3,15-16H2,1-2H3/b21-17+/t18-/m1/s1. The first-order valence-corrected chi connectivity index (χ1v) is 10.7. The largest absolute Gasteiger partial charge is 0.490 e. The fourth-order valence-corrected chi connectivity index (χ4v) is 3.34. The van der Waals surface area contributed by atoms with Gasteiger partial charge in [0.05, 0.1) is 6.26 Å². The van der Waals surface area contributed by atoms with E-state index in [1.807, 2.05) is 42.5 Å². The minimum Gasteiger partial charge on any atom is -0.490 e. The molecule has 1 aliphatic rings. The molecule has 0 fully saturated rings. The quantitative estimate of drug-likeness (QED) is 0.251. The van der Waals surface area contributed by atoms with Gasteiger partial charge < -0.3 is 18.6 Å². The summed E-state index contributed by atoms with van der Waals surface area (Å²) in [5.74, 6) is 1.97. The molecule has 1 atom stereocenters. The van der Waals surface area contributed by atoms with Crippen molar-refractivity contribution >= 4 is 17.9 Å². The molecule has 0 spiro atoms. The Kier molecular flexibility index (Phi) is 6.70. The lowest BCUT2D eigenvalue weighted by Crippen LogP contribution is -2.11. The number of cyclic esters (lactones) is 1. The lowest BCUT2D eigenvalue weighted by atomic mass is 9.98. The van der Waals surface area contributed by atoms with Crippen molar-refractivity contribution < 1.29 is 23.4 Å². The van der Waals surface area contributed by atoms with Crippen molar-refractivity contribution in [2.45, 2.75) is 26.2 Å². The maximum absolute atomic E-state index is 12.2. The van der Waals surface area contributed by atoms with Crippen molar-refractivity contribution in [2.75, 3.05) is 13.2 Å². The SMILES string of the molecule is CC[C@@H](C)c1ccccc1OCCOc1ccccc1/C=C1/N=C(c2ccco2)OC1=O. The van der Waals surface area contributed by atoms with Crippen LogP contribution in [0.4, 0.5) is 0 Å². The fourth-order valence-electron chi connectivity index (χ4n) is 3.34. The minimum absolute atomic E-state index is 0.151. The van der Waals surface area contributed by atoms with E-state index in [1.165, 1.54) is 11.8 Å². The lowest BCUT2D eigenvalue weighted by molar-refractivity contribution is -0.130. The van der Waals surface area contributed by atoms with Gasteiger partial charge in [0.25, 0.3) is 5.90 Å². The summed E-state index contributed by atoms with van der Waals surface area (Å²) >= 11 is 0. The van der Waals surface area contributed by atoms with Crippen molar-refractivity contribution in [3.63, 3.8) is 0 Å². The molecule has 0 bridgehead atoms. The number of aliphatic imine (C=N–C) groups is 1. The van der Waals surface area contributed by atoms with Gasteiger partial charge in [-0.1, -0.05) is 50.2 Å². The predicted octanol–water partition coefficient (Wildman–Crippen LogP) is 5.60. The maximum atomic E-state index is 12.2. The lowest BCUT2D eigenvalue weighted by Gasteiger charge is -2.16. The van der Waals surface area contributed by atoms with E-state index < -0.39 is 5.97 Å². The topological polar surface area (TPSA) is 70.3 Å². The van der Waals surface area contributed by atoms with Crippen LogP contribution in [0.5, 0.6) is 11.5 Å². The molecule has 0 saturated carbocycles. The van der Waals surface area contributed by atoms with Crippen LogP contribution in [0, 0.1) is 0 Å². The number of nitrogens with zero attached hydrogens (tertiary/aromatic N) is 1. The number of carbonyl (C=O) groups excluding carboxylic acids is 1. The highest BCUT2D eigenvalue weighted by Crippen LogP contribution is 2.29. The molecule has 0 amide bonds. The highest BCUT2D eigenvalue weighted by Gasteiger charge is 2.26. The van der Waals surface area contributed by atoms with E-state index >= 15 is 0 Å². The zero-order chi connectivity index (χ0) is 22.3. The predicted molar refractivity (Wildman–Crippen MR) is 122 cm³/mol. The molecule has 1 aliphatic heterocycles. The van der Waals surface area contributed by atoms with Crippen LogP contribution in [0.25, 0.3) is 6.08 Å². The van der Waals surface area contributed by atoms with Crippen LogP contribution >= 0.6 is 0 Å². The smallest absolute Gasteiger partial charge is 0.363 e. The Bertz CT molecular complexity index is 1130. The average molecular weight is 431 g/mol. The van der Waals surface area contributed by atoms with Crippen LogP contribution in [0.1, 0.15) is 43.1 Å². The summed E-state index contributed by atoms with van der Waals surface area (Å²) < 4.78 is 22.4.